The first-order valence-corrected chi connectivity index (χ1v) is 6.27. The van der Waals surface area contributed by atoms with E-state index in [0.29, 0.717) is 0 Å². The van der Waals surface area contributed by atoms with Gasteiger partial charge in [0.15, 0.2) is 0 Å². The summed E-state index contributed by atoms with van der Waals surface area (Å²) in [6, 6.07) is 6.41. The van der Waals surface area contributed by atoms with Gasteiger partial charge in [-0.3, -0.25) is 4.79 Å². The van der Waals surface area contributed by atoms with E-state index in [2.05, 4.69) is 37.4 Å². The second-order valence-electron chi connectivity index (χ2n) is 4.59. The summed E-state index contributed by atoms with van der Waals surface area (Å²) < 4.78 is 0. The van der Waals surface area contributed by atoms with Gasteiger partial charge in [-0.25, -0.2) is 0 Å². The molecule has 0 bridgehead atoms. The molecule has 2 atom stereocenters. The van der Waals surface area contributed by atoms with E-state index in [9.17, 15) is 4.79 Å². The van der Waals surface area contributed by atoms with E-state index in [-0.39, 0.29) is 12.0 Å². The number of nitrogens with one attached hydrogen (secondary N) is 1. The minimum atomic E-state index is -0.686. The smallest absolute Gasteiger partial charge is 0.308 e. The molecule has 1 aromatic carbocycles. The van der Waals surface area contributed by atoms with E-state index in [4.69, 9.17) is 5.11 Å². The lowest BCUT2D eigenvalue weighted by Gasteiger charge is -2.15. The Morgan fingerprint density at radius 2 is 1.94 bits per heavy atom. The van der Waals surface area contributed by atoms with Crippen LogP contribution < -0.4 is 5.32 Å². The molecule has 0 aromatic heterocycles. The predicted molar refractivity (Wildman–Crippen MR) is 68.4 cm³/mol. The van der Waals surface area contributed by atoms with Crippen molar-refractivity contribution in [2.45, 2.75) is 39.2 Å². The van der Waals surface area contributed by atoms with Crippen molar-refractivity contribution in [2.75, 3.05) is 5.32 Å². The second-order valence-corrected chi connectivity index (χ2v) is 4.59. The molecule has 92 valence electrons. The fourth-order valence-corrected chi connectivity index (χ4v) is 2.24. The molecule has 0 amide bonds. The van der Waals surface area contributed by atoms with Crippen molar-refractivity contribution in [3.8, 4) is 0 Å². The van der Waals surface area contributed by atoms with Gasteiger partial charge in [0, 0.05) is 11.7 Å². The number of para-hydroxylation sites is 1. The summed E-state index contributed by atoms with van der Waals surface area (Å²) >= 11 is 0. The first kappa shape index (κ1) is 12.0. The molecule has 0 spiro atoms. The molecule has 17 heavy (non-hydrogen) atoms. The van der Waals surface area contributed by atoms with Crippen molar-refractivity contribution in [3.05, 3.63) is 29.3 Å². The van der Waals surface area contributed by atoms with Gasteiger partial charge in [0.05, 0.1) is 5.92 Å². The minimum absolute atomic E-state index is 0.116. The summed E-state index contributed by atoms with van der Waals surface area (Å²) in [4.78, 5) is 10.8. The van der Waals surface area contributed by atoms with Crippen molar-refractivity contribution < 1.29 is 9.90 Å². The van der Waals surface area contributed by atoms with E-state index >= 15 is 0 Å². The van der Waals surface area contributed by atoms with Gasteiger partial charge < -0.3 is 10.4 Å². The van der Waals surface area contributed by atoms with Gasteiger partial charge in [-0.15, -0.1) is 0 Å². The topological polar surface area (TPSA) is 49.3 Å². The molecule has 1 aromatic rings. The van der Waals surface area contributed by atoms with E-state index < -0.39 is 5.97 Å². The largest absolute Gasteiger partial charge is 0.481 e. The molecule has 1 aliphatic carbocycles. The van der Waals surface area contributed by atoms with Gasteiger partial charge in [-0.2, -0.15) is 0 Å². The molecule has 0 heterocycles. The van der Waals surface area contributed by atoms with Crippen LogP contribution in [0.25, 0.3) is 0 Å². The highest BCUT2D eigenvalue weighted by Crippen LogP contribution is 2.36. The van der Waals surface area contributed by atoms with Gasteiger partial charge in [0.2, 0.25) is 0 Å². The third-order valence-electron chi connectivity index (χ3n) is 3.44. The normalized spacial score (nSPS) is 22.2. The Bertz CT molecular complexity index is 406. The summed E-state index contributed by atoms with van der Waals surface area (Å²) in [7, 11) is 0. The number of hydrogen-bond acceptors (Lipinski definition) is 2. The van der Waals surface area contributed by atoms with E-state index in [1.165, 1.54) is 11.1 Å². The van der Waals surface area contributed by atoms with Gasteiger partial charge in [-0.1, -0.05) is 32.0 Å². The van der Waals surface area contributed by atoms with E-state index in [1.807, 2.05) is 0 Å². The molecular formula is C14H19NO2. The molecule has 3 heteroatoms. The predicted octanol–water partition coefficient (Wildman–Crippen LogP) is 2.70. The van der Waals surface area contributed by atoms with Crippen LogP contribution in [0.2, 0.25) is 0 Å². The quantitative estimate of drug-likeness (QED) is 0.822. The number of carboxylic acids is 1. The first-order chi connectivity index (χ1) is 8.17. The Morgan fingerprint density at radius 1 is 1.35 bits per heavy atom. The highest BCUT2D eigenvalue weighted by Gasteiger charge is 2.43. The number of benzene rings is 1. The second kappa shape index (κ2) is 4.78. The Labute approximate surface area is 102 Å². The van der Waals surface area contributed by atoms with Gasteiger partial charge in [0.25, 0.3) is 0 Å². The fraction of sp³-hybridized carbons (Fsp3) is 0.500. The average molecular weight is 233 g/mol. The van der Waals surface area contributed by atoms with Crippen molar-refractivity contribution in [3.63, 3.8) is 0 Å². The number of carbonyl (C=O) groups is 1. The summed E-state index contributed by atoms with van der Waals surface area (Å²) in [5.41, 5.74) is 3.71. The number of anilines is 1. The van der Waals surface area contributed by atoms with Gasteiger partial charge in [-0.05, 0) is 30.4 Å². The highest BCUT2D eigenvalue weighted by atomic mass is 16.4. The van der Waals surface area contributed by atoms with Crippen LogP contribution in [0.5, 0.6) is 0 Å². The monoisotopic (exact) mass is 233 g/mol. The van der Waals surface area contributed by atoms with Crippen molar-refractivity contribution in [2.24, 2.45) is 5.92 Å². The Balaban J connectivity index is 2.17. The van der Waals surface area contributed by atoms with Crippen LogP contribution in [-0.2, 0) is 17.6 Å². The summed E-state index contributed by atoms with van der Waals surface area (Å²) in [5.74, 6) is -0.890. The number of aliphatic carboxylic acids is 1. The number of rotatable bonds is 5. The fourth-order valence-electron chi connectivity index (χ4n) is 2.24. The molecule has 2 unspecified atom stereocenters. The van der Waals surface area contributed by atoms with Crippen LogP contribution in [0.3, 0.4) is 0 Å². The molecule has 0 radical (unpaired) electrons. The van der Waals surface area contributed by atoms with Crippen LogP contribution in [0.4, 0.5) is 5.69 Å². The Hall–Kier alpha value is -1.51. The van der Waals surface area contributed by atoms with Crippen LogP contribution in [0.1, 0.15) is 31.4 Å². The molecule has 2 rings (SSSR count). The van der Waals surface area contributed by atoms with Crippen LogP contribution in [0.15, 0.2) is 18.2 Å². The zero-order valence-electron chi connectivity index (χ0n) is 10.4. The van der Waals surface area contributed by atoms with Crippen molar-refractivity contribution in [1.29, 1.82) is 0 Å². The Kier molecular flexibility index (Phi) is 3.36. The zero-order valence-corrected chi connectivity index (χ0v) is 10.4. The lowest BCUT2D eigenvalue weighted by atomic mass is 10.0. The molecule has 1 fully saturated rings. The SMILES string of the molecule is CCc1cccc(CC)c1NC1CC1C(=O)O. The van der Waals surface area contributed by atoms with E-state index in [1.54, 1.807) is 0 Å². The summed E-state index contributed by atoms with van der Waals surface area (Å²) in [5, 5.41) is 12.3. The maximum absolute atomic E-state index is 10.8. The molecular weight excluding hydrogens is 214 g/mol. The number of carboxylic acid groups (broad SMARTS) is 1. The number of aryl methyl sites for hydroxylation is 2. The van der Waals surface area contributed by atoms with Crippen LogP contribution in [-0.4, -0.2) is 17.1 Å². The summed E-state index contributed by atoms with van der Waals surface area (Å²) in [6.07, 6.45) is 2.69. The average Bonchev–Trinajstić information content (AvgIpc) is 3.09. The third-order valence-corrected chi connectivity index (χ3v) is 3.44. The molecule has 1 aliphatic rings. The van der Waals surface area contributed by atoms with Crippen molar-refractivity contribution in [1.82, 2.24) is 0 Å². The van der Waals surface area contributed by atoms with Gasteiger partial charge in [0.1, 0.15) is 0 Å². The van der Waals surface area contributed by atoms with Crippen molar-refractivity contribution >= 4 is 11.7 Å². The molecule has 0 saturated heterocycles. The van der Waals surface area contributed by atoms with Crippen LogP contribution in [0, 0.1) is 5.92 Å². The lowest BCUT2D eigenvalue weighted by Crippen LogP contribution is -2.12. The van der Waals surface area contributed by atoms with Crippen LogP contribution >= 0.6 is 0 Å². The minimum Gasteiger partial charge on any atom is -0.481 e. The number of hydrogen-bond donors (Lipinski definition) is 2. The highest BCUT2D eigenvalue weighted by molar-refractivity contribution is 5.76. The first-order valence-electron chi connectivity index (χ1n) is 6.27. The Morgan fingerprint density at radius 3 is 2.35 bits per heavy atom. The van der Waals surface area contributed by atoms with E-state index in [0.717, 1.165) is 24.9 Å². The van der Waals surface area contributed by atoms with Gasteiger partial charge >= 0.3 is 5.97 Å². The lowest BCUT2D eigenvalue weighted by molar-refractivity contribution is -0.138. The maximum Gasteiger partial charge on any atom is 0.308 e. The molecule has 3 nitrogen and oxygen atoms in total. The molecule has 2 N–H and O–H groups in total. The molecule has 0 aliphatic heterocycles. The maximum atomic E-state index is 10.8. The third kappa shape index (κ3) is 2.43. The molecule has 1 saturated carbocycles. The summed E-state index contributed by atoms with van der Waals surface area (Å²) in [6.45, 7) is 4.25. The zero-order chi connectivity index (χ0) is 12.4. The standard InChI is InChI=1S/C14H19NO2/c1-3-9-6-5-7-10(4-2)13(9)15-12-8-11(12)14(16)17/h5-7,11-12,15H,3-4,8H2,1-2H3,(H,16,17).